The Morgan fingerprint density at radius 2 is 1.13 bits per heavy atom. The van der Waals surface area contributed by atoms with Gasteiger partial charge in [-0.05, 0) is 105 Å². The molecule has 5 saturated carbocycles. The molecule has 6 bridgehead atoms. The van der Waals surface area contributed by atoms with Crippen molar-refractivity contribution in [1.29, 1.82) is 0 Å². The van der Waals surface area contributed by atoms with Crippen molar-refractivity contribution in [1.82, 2.24) is 0 Å². The van der Waals surface area contributed by atoms with Gasteiger partial charge in [0.2, 0.25) is 0 Å². The molecule has 0 amide bonds. The van der Waals surface area contributed by atoms with Gasteiger partial charge in [-0.15, -0.1) is 0 Å². The third-order valence-electron chi connectivity index (χ3n) is 10.2. The number of carbonyl (C=O) groups excluding carboxylic acids is 2. The highest BCUT2D eigenvalue weighted by Gasteiger charge is 2.53. The zero-order valence-corrected chi connectivity index (χ0v) is 18.8. The second-order valence-electron chi connectivity index (χ2n) is 11.8. The van der Waals surface area contributed by atoms with Crippen molar-refractivity contribution in [3.05, 3.63) is 12.2 Å². The van der Waals surface area contributed by atoms with Gasteiger partial charge in [0.25, 0.3) is 0 Å². The van der Waals surface area contributed by atoms with Gasteiger partial charge in [0, 0.05) is 0 Å². The van der Waals surface area contributed by atoms with Gasteiger partial charge in [-0.1, -0.05) is 25.0 Å². The van der Waals surface area contributed by atoms with Crippen molar-refractivity contribution in [2.24, 2.45) is 59.2 Å². The summed E-state index contributed by atoms with van der Waals surface area (Å²) in [6.45, 7) is 1.05. The van der Waals surface area contributed by atoms with E-state index >= 15 is 0 Å². The molecule has 4 nitrogen and oxygen atoms in total. The topological polar surface area (TPSA) is 52.6 Å². The van der Waals surface area contributed by atoms with E-state index in [0.29, 0.717) is 13.2 Å². The van der Waals surface area contributed by atoms with Crippen molar-refractivity contribution >= 4 is 11.9 Å². The van der Waals surface area contributed by atoms with Crippen LogP contribution in [0.4, 0.5) is 0 Å². The van der Waals surface area contributed by atoms with Crippen LogP contribution in [0.25, 0.3) is 0 Å². The fourth-order valence-corrected chi connectivity index (χ4v) is 8.74. The summed E-state index contributed by atoms with van der Waals surface area (Å²) in [6, 6.07) is 0. The summed E-state index contributed by atoms with van der Waals surface area (Å²) in [6.07, 6.45) is 18.2. The van der Waals surface area contributed by atoms with Crippen molar-refractivity contribution in [3.63, 3.8) is 0 Å². The van der Waals surface area contributed by atoms with E-state index in [4.69, 9.17) is 9.47 Å². The van der Waals surface area contributed by atoms with Crippen LogP contribution in [-0.2, 0) is 19.1 Å². The van der Waals surface area contributed by atoms with Gasteiger partial charge in [0.05, 0.1) is 25.0 Å². The first kappa shape index (κ1) is 20.3. The Balaban J connectivity index is 0.993. The summed E-state index contributed by atoms with van der Waals surface area (Å²) >= 11 is 0. The Labute approximate surface area is 186 Å². The molecule has 0 heterocycles. The van der Waals surface area contributed by atoms with E-state index in [1.807, 2.05) is 0 Å². The molecule has 0 radical (unpaired) electrons. The van der Waals surface area contributed by atoms with Crippen molar-refractivity contribution in [2.75, 3.05) is 13.2 Å². The fraction of sp³-hybridized carbons (Fsp3) is 0.852. The monoisotopic (exact) mass is 426 g/mol. The molecule has 4 heteroatoms. The molecule has 31 heavy (non-hydrogen) atoms. The molecule has 10 atom stereocenters. The summed E-state index contributed by atoms with van der Waals surface area (Å²) in [5.41, 5.74) is 0. The highest BCUT2D eigenvalue weighted by atomic mass is 16.5. The minimum absolute atomic E-state index is 0.156. The molecule has 0 spiro atoms. The Morgan fingerprint density at radius 3 is 1.52 bits per heavy atom. The first-order chi connectivity index (χ1) is 15.2. The number of carbonyl (C=O) groups is 2. The Morgan fingerprint density at radius 1 is 0.645 bits per heavy atom. The number of allylic oxidation sites excluding steroid dienone is 2. The number of rotatable bonds is 8. The van der Waals surface area contributed by atoms with E-state index in [2.05, 4.69) is 12.2 Å². The molecule has 170 valence electrons. The molecule has 0 aromatic rings. The first-order valence-corrected chi connectivity index (χ1v) is 13.2. The molecule has 10 unspecified atom stereocenters. The van der Waals surface area contributed by atoms with Crippen LogP contribution < -0.4 is 0 Å². The maximum atomic E-state index is 13.0. The molecule has 5 fully saturated rings. The smallest absolute Gasteiger partial charge is 0.310 e. The number of hydrogen-bond donors (Lipinski definition) is 0. The Hall–Kier alpha value is -1.32. The highest BCUT2D eigenvalue weighted by Crippen LogP contribution is 2.51. The van der Waals surface area contributed by atoms with Crippen LogP contribution in [0.5, 0.6) is 0 Å². The molecular formula is C27H38O4. The van der Waals surface area contributed by atoms with Crippen LogP contribution >= 0.6 is 0 Å². The third kappa shape index (κ3) is 3.76. The van der Waals surface area contributed by atoms with Crippen LogP contribution in [0.2, 0.25) is 0 Å². The molecule has 0 aliphatic heterocycles. The SMILES string of the molecule is O=C(OCCC1CC2CCC1C2)C1C2C=CC(C2)C1C(=O)OCCC1CC2CCC1C2. The van der Waals surface area contributed by atoms with Crippen LogP contribution in [0, 0.1) is 59.2 Å². The lowest BCUT2D eigenvalue weighted by Crippen LogP contribution is -2.36. The highest BCUT2D eigenvalue weighted by molar-refractivity contribution is 5.84. The largest absolute Gasteiger partial charge is 0.465 e. The number of hydrogen-bond acceptors (Lipinski definition) is 4. The van der Waals surface area contributed by atoms with Gasteiger partial charge >= 0.3 is 11.9 Å². The van der Waals surface area contributed by atoms with Gasteiger partial charge < -0.3 is 9.47 Å². The zero-order chi connectivity index (χ0) is 20.9. The van der Waals surface area contributed by atoms with E-state index in [0.717, 1.165) is 54.8 Å². The van der Waals surface area contributed by atoms with Crippen LogP contribution in [0.1, 0.15) is 70.6 Å². The summed E-state index contributed by atoms with van der Waals surface area (Å²) in [5.74, 6) is 4.43. The summed E-state index contributed by atoms with van der Waals surface area (Å²) < 4.78 is 11.5. The zero-order valence-electron chi connectivity index (χ0n) is 18.8. The molecular weight excluding hydrogens is 388 g/mol. The lowest BCUT2D eigenvalue weighted by atomic mass is 9.83. The number of ether oxygens (including phenoxy) is 2. The molecule has 0 N–H and O–H groups in total. The van der Waals surface area contributed by atoms with Gasteiger partial charge in [0.15, 0.2) is 0 Å². The first-order valence-electron chi connectivity index (χ1n) is 13.2. The summed E-state index contributed by atoms with van der Waals surface area (Å²) in [5, 5.41) is 0. The summed E-state index contributed by atoms with van der Waals surface area (Å²) in [7, 11) is 0. The average molecular weight is 427 g/mol. The third-order valence-corrected chi connectivity index (χ3v) is 10.2. The minimum Gasteiger partial charge on any atom is -0.465 e. The van der Waals surface area contributed by atoms with Crippen LogP contribution in [0.3, 0.4) is 0 Å². The minimum atomic E-state index is -0.329. The average Bonchev–Trinajstić information content (AvgIpc) is 3.60. The van der Waals surface area contributed by atoms with Crippen LogP contribution in [-0.4, -0.2) is 25.2 Å². The predicted molar refractivity (Wildman–Crippen MR) is 117 cm³/mol. The molecule has 6 aliphatic rings. The molecule has 0 saturated heterocycles. The van der Waals surface area contributed by atoms with Gasteiger partial charge in [-0.2, -0.15) is 0 Å². The van der Waals surface area contributed by atoms with Gasteiger partial charge in [-0.25, -0.2) is 0 Å². The van der Waals surface area contributed by atoms with E-state index in [9.17, 15) is 9.59 Å². The lowest BCUT2D eigenvalue weighted by Gasteiger charge is -2.26. The normalized spacial score (nSPS) is 46.2. The van der Waals surface area contributed by atoms with Crippen molar-refractivity contribution in [2.45, 2.75) is 70.6 Å². The lowest BCUT2D eigenvalue weighted by molar-refractivity contribution is -0.162. The standard InChI is InChI=1S/C27H38O4/c28-26(30-9-7-20-13-16-1-3-18(20)11-16)24-22-5-6-23(15-22)25(24)27(29)31-10-8-21-14-17-2-4-19(21)12-17/h5-6,16-25H,1-4,7-15H2. The molecule has 0 aromatic heterocycles. The van der Waals surface area contributed by atoms with E-state index in [1.54, 1.807) is 0 Å². The van der Waals surface area contributed by atoms with E-state index in [-0.39, 0.29) is 35.6 Å². The van der Waals surface area contributed by atoms with Crippen LogP contribution in [0.15, 0.2) is 12.2 Å². The maximum absolute atomic E-state index is 13.0. The van der Waals surface area contributed by atoms with Crippen molar-refractivity contribution in [3.8, 4) is 0 Å². The van der Waals surface area contributed by atoms with E-state index < -0.39 is 0 Å². The Kier molecular flexibility index (Phi) is 5.39. The molecule has 0 aromatic carbocycles. The Bertz CT molecular complexity index is 684. The van der Waals surface area contributed by atoms with E-state index in [1.165, 1.54) is 51.4 Å². The fourth-order valence-electron chi connectivity index (χ4n) is 8.74. The maximum Gasteiger partial charge on any atom is 0.310 e. The molecule has 6 aliphatic carbocycles. The summed E-state index contributed by atoms with van der Waals surface area (Å²) in [4.78, 5) is 26.0. The number of esters is 2. The predicted octanol–water partition coefficient (Wildman–Crippen LogP) is 5.16. The second-order valence-corrected chi connectivity index (χ2v) is 11.8. The second kappa shape index (κ2) is 8.23. The van der Waals surface area contributed by atoms with Crippen molar-refractivity contribution < 1.29 is 19.1 Å². The van der Waals surface area contributed by atoms with Gasteiger partial charge in [0.1, 0.15) is 0 Å². The van der Waals surface area contributed by atoms with Gasteiger partial charge in [-0.3, -0.25) is 9.59 Å². The quantitative estimate of drug-likeness (QED) is 0.397. The molecule has 6 rings (SSSR count). The number of fused-ring (bicyclic) bond motifs is 6.